The number of benzene rings is 2. The molecule has 0 spiro atoms. The van der Waals surface area contributed by atoms with Gasteiger partial charge in [0.05, 0.1) is 32.0 Å². The average Bonchev–Trinajstić information content (AvgIpc) is 3.26. The number of halogens is 2. The minimum absolute atomic E-state index is 0.116. The minimum Gasteiger partial charge on any atom is -0.494 e. The molecule has 5 rings (SSSR count). The predicted molar refractivity (Wildman–Crippen MR) is 136 cm³/mol. The number of hydrogen-bond donors (Lipinski definition) is 1. The molecule has 1 N–H and O–H groups in total. The van der Waals surface area contributed by atoms with Crippen molar-refractivity contribution in [2.45, 2.75) is 20.4 Å². The Labute approximate surface area is 211 Å². The molecule has 0 saturated carbocycles. The first-order valence-electron chi connectivity index (χ1n) is 11.6. The summed E-state index contributed by atoms with van der Waals surface area (Å²) in [6.07, 6.45) is 4.98. The third kappa shape index (κ3) is 4.77. The maximum Gasteiger partial charge on any atom is 0.183 e. The highest BCUT2D eigenvalue weighted by molar-refractivity contribution is 5.92. The van der Waals surface area contributed by atoms with Crippen molar-refractivity contribution in [1.82, 2.24) is 24.7 Å². The van der Waals surface area contributed by atoms with Gasteiger partial charge in [-0.15, -0.1) is 0 Å². The van der Waals surface area contributed by atoms with E-state index in [0.717, 1.165) is 16.6 Å². The Hall–Kier alpha value is -4.60. The highest BCUT2D eigenvalue weighted by atomic mass is 19.1. The second kappa shape index (κ2) is 10.2. The molecule has 0 bridgehead atoms. The van der Waals surface area contributed by atoms with Crippen LogP contribution in [0.1, 0.15) is 18.1 Å². The lowest BCUT2D eigenvalue weighted by molar-refractivity contribution is 0.335. The lowest BCUT2D eigenvalue weighted by atomic mass is 10.1. The highest BCUT2D eigenvalue weighted by Gasteiger charge is 2.20. The van der Waals surface area contributed by atoms with Gasteiger partial charge in [-0.1, -0.05) is 18.2 Å². The molecule has 10 heteroatoms. The lowest BCUT2D eigenvalue weighted by Gasteiger charge is -2.12. The van der Waals surface area contributed by atoms with Gasteiger partial charge in [-0.05, 0) is 31.5 Å². The number of pyridine rings is 1. The molecule has 37 heavy (non-hydrogen) atoms. The van der Waals surface area contributed by atoms with Gasteiger partial charge in [-0.2, -0.15) is 5.10 Å². The molecule has 0 amide bonds. The van der Waals surface area contributed by atoms with E-state index in [2.05, 4.69) is 25.4 Å². The molecule has 3 heterocycles. The van der Waals surface area contributed by atoms with E-state index in [1.165, 1.54) is 19.2 Å². The summed E-state index contributed by atoms with van der Waals surface area (Å²) in [5.41, 5.74) is 2.78. The first-order chi connectivity index (χ1) is 18.0. The van der Waals surface area contributed by atoms with Gasteiger partial charge in [0.1, 0.15) is 23.1 Å². The van der Waals surface area contributed by atoms with Crippen molar-refractivity contribution in [3.63, 3.8) is 0 Å². The molecule has 0 unspecified atom stereocenters. The van der Waals surface area contributed by atoms with E-state index < -0.39 is 11.6 Å². The van der Waals surface area contributed by atoms with Crippen LogP contribution in [0.25, 0.3) is 22.4 Å². The molecule has 0 radical (unpaired) electrons. The fourth-order valence-corrected chi connectivity index (χ4v) is 4.01. The van der Waals surface area contributed by atoms with Crippen molar-refractivity contribution in [1.29, 1.82) is 0 Å². The third-order valence-electron chi connectivity index (χ3n) is 5.85. The van der Waals surface area contributed by atoms with E-state index >= 15 is 0 Å². The van der Waals surface area contributed by atoms with Crippen LogP contribution in [-0.4, -0.2) is 38.4 Å². The summed E-state index contributed by atoms with van der Waals surface area (Å²) in [7, 11) is 1.53. The van der Waals surface area contributed by atoms with Crippen LogP contribution in [0.4, 0.5) is 20.3 Å². The number of nitrogens with zero attached hydrogens (tertiary/aromatic N) is 5. The molecule has 0 aliphatic heterocycles. The summed E-state index contributed by atoms with van der Waals surface area (Å²) in [5.74, 6) is -0.0406. The first kappa shape index (κ1) is 24.1. The van der Waals surface area contributed by atoms with E-state index in [-0.39, 0.29) is 17.9 Å². The van der Waals surface area contributed by atoms with Crippen molar-refractivity contribution in [2.24, 2.45) is 0 Å². The van der Waals surface area contributed by atoms with Crippen molar-refractivity contribution < 1.29 is 18.3 Å². The number of fused-ring (bicyclic) bond motifs is 1. The number of aromatic nitrogens is 5. The number of rotatable bonds is 8. The maximum atomic E-state index is 14.8. The Morgan fingerprint density at radius 3 is 2.57 bits per heavy atom. The molecule has 8 nitrogen and oxygen atoms in total. The maximum absolute atomic E-state index is 14.8. The molecule has 0 fully saturated rings. The number of anilines is 2. The van der Waals surface area contributed by atoms with Crippen LogP contribution >= 0.6 is 0 Å². The number of ether oxygens (including phenoxy) is 2. The Kier molecular flexibility index (Phi) is 6.63. The zero-order valence-electron chi connectivity index (χ0n) is 20.5. The van der Waals surface area contributed by atoms with Gasteiger partial charge < -0.3 is 14.8 Å². The van der Waals surface area contributed by atoms with Crippen LogP contribution in [-0.2, 0) is 6.54 Å². The zero-order chi connectivity index (χ0) is 25.9. The molecule has 0 aliphatic carbocycles. The summed E-state index contributed by atoms with van der Waals surface area (Å²) in [6.45, 7) is 3.87. The summed E-state index contributed by atoms with van der Waals surface area (Å²) < 4.78 is 41.9. The van der Waals surface area contributed by atoms with Crippen LogP contribution in [0, 0.1) is 18.6 Å². The van der Waals surface area contributed by atoms with Gasteiger partial charge in [-0.25, -0.2) is 18.7 Å². The molecular formula is C27H24F2N6O2. The van der Waals surface area contributed by atoms with Crippen molar-refractivity contribution in [3.8, 4) is 23.0 Å². The van der Waals surface area contributed by atoms with Crippen LogP contribution in [0.2, 0.25) is 0 Å². The van der Waals surface area contributed by atoms with Gasteiger partial charge in [0, 0.05) is 41.2 Å². The SMILES string of the molecule is CCOc1cc(F)c(Cn2nc(-c3ncc(OC)c(Nc4ccncc4C)n3)c3ccccc32)c(F)c1. The second-order valence-electron chi connectivity index (χ2n) is 8.25. The summed E-state index contributed by atoms with van der Waals surface area (Å²) in [6, 6.07) is 11.6. The van der Waals surface area contributed by atoms with E-state index in [1.807, 2.05) is 37.3 Å². The molecule has 2 aromatic carbocycles. The molecule has 188 valence electrons. The lowest BCUT2D eigenvalue weighted by Crippen LogP contribution is -2.07. The van der Waals surface area contributed by atoms with Gasteiger partial charge in [-0.3, -0.25) is 9.67 Å². The number of para-hydroxylation sites is 1. The van der Waals surface area contributed by atoms with Crippen LogP contribution in [0.15, 0.2) is 61.1 Å². The van der Waals surface area contributed by atoms with Crippen molar-refractivity contribution in [3.05, 3.63) is 83.8 Å². The molecule has 3 aromatic heterocycles. The van der Waals surface area contributed by atoms with Crippen molar-refractivity contribution >= 4 is 22.4 Å². The smallest absolute Gasteiger partial charge is 0.183 e. The second-order valence-corrected chi connectivity index (χ2v) is 8.25. The van der Waals surface area contributed by atoms with Crippen molar-refractivity contribution in [2.75, 3.05) is 19.0 Å². The standard InChI is InChI=1S/C27H24F2N6O2/c1-4-37-17-11-20(28)19(21(29)12-17)15-35-23-8-6-5-7-18(23)25(34-35)27-31-14-24(36-3)26(33-27)32-22-9-10-30-13-16(22)2/h5-14H,4,15H2,1-3H3,(H,30,31,32,33). The summed E-state index contributed by atoms with van der Waals surface area (Å²) in [4.78, 5) is 13.2. The Morgan fingerprint density at radius 1 is 1.05 bits per heavy atom. The molecule has 5 aromatic rings. The number of aryl methyl sites for hydroxylation is 1. The van der Waals surface area contributed by atoms with Crippen LogP contribution in [0.3, 0.4) is 0 Å². The third-order valence-corrected chi connectivity index (χ3v) is 5.85. The largest absolute Gasteiger partial charge is 0.494 e. The Morgan fingerprint density at radius 2 is 1.84 bits per heavy atom. The van der Waals surface area contributed by atoms with Gasteiger partial charge in [0.2, 0.25) is 0 Å². The molecule has 0 aliphatic rings. The zero-order valence-corrected chi connectivity index (χ0v) is 20.5. The van der Waals surface area contributed by atoms with Crippen LogP contribution in [0.5, 0.6) is 11.5 Å². The fourth-order valence-electron chi connectivity index (χ4n) is 4.01. The Balaban J connectivity index is 1.57. The average molecular weight is 503 g/mol. The molecular weight excluding hydrogens is 478 g/mol. The number of hydrogen-bond acceptors (Lipinski definition) is 7. The van der Waals surface area contributed by atoms with Crippen LogP contribution < -0.4 is 14.8 Å². The monoisotopic (exact) mass is 502 g/mol. The summed E-state index contributed by atoms with van der Waals surface area (Å²) in [5, 5.41) is 8.67. The molecule has 0 atom stereocenters. The summed E-state index contributed by atoms with van der Waals surface area (Å²) >= 11 is 0. The van der Waals surface area contributed by atoms with Gasteiger partial charge >= 0.3 is 0 Å². The normalized spacial score (nSPS) is 11.1. The highest BCUT2D eigenvalue weighted by Crippen LogP contribution is 2.32. The number of nitrogens with one attached hydrogen (secondary N) is 1. The van der Waals surface area contributed by atoms with E-state index in [0.29, 0.717) is 35.2 Å². The van der Waals surface area contributed by atoms with E-state index in [1.54, 1.807) is 30.2 Å². The van der Waals surface area contributed by atoms with Gasteiger partial charge in [0.15, 0.2) is 17.4 Å². The van der Waals surface area contributed by atoms with Gasteiger partial charge in [0.25, 0.3) is 0 Å². The number of methoxy groups -OCH3 is 1. The van der Waals surface area contributed by atoms with E-state index in [9.17, 15) is 8.78 Å². The molecule has 0 saturated heterocycles. The quantitative estimate of drug-likeness (QED) is 0.292. The topological polar surface area (TPSA) is 87.0 Å². The van der Waals surface area contributed by atoms with E-state index in [4.69, 9.17) is 9.47 Å². The minimum atomic E-state index is -0.704. The fraction of sp³-hybridized carbons (Fsp3) is 0.185. The Bertz CT molecular complexity index is 1560. The predicted octanol–water partition coefficient (Wildman–Crippen LogP) is 5.67. The first-order valence-corrected chi connectivity index (χ1v) is 11.6.